The van der Waals surface area contributed by atoms with E-state index in [2.05, 4.69) is 101 Å². The summed E-state index contributed by atoms with van der Waals surface area (Å²) in [4.78, 5) is 0. The van der Waals surface area contributed by atoms with Crippen LogP contribution in [0, 0.1) is 0 Å². The van der Waals surface area contributed by atoms with Crippen molar-refractivity contribution >= 4 is 33.1 Å². The topological polar surface area (TPSA) is 30.9 Å². The van der Waals surface area contributed by atoms with Crippen LogP contribution in [0.1, 0.15) is 11.7 Å². The Morgan fingerprint density at radius 1 is 0.759 bits per heavy atom. The number of rotatable bonds is 10. The zero-order valence-electron chi connectivity index (χ0n) is 21.2. The molecule has 168 valence electrons. The van der Waals surface area contributed by atoms with Crippen LogP contribution in [0.4, 0.5) is 0 Å². The smallest absolute Gasteiger partial charge is 0.242 e. The van der Waals surface area contributed by atoms with Crippen LogP contribution in [0.5, 0.6) is 11.5 Å². The standard InChI is InChI=1S/C21H45NO3Si4/c1-23-20-16-18(14-15-19(20)24-28(8,9)10)21(25-29(11,12)13)17-22(26(2,3)4)27(5,6)7/h14-16,21H,17H2,1-13H3. The number of methoxy groups -OCH3 is 1. The van der Waals surface area contributed by atoms with Gasteiger partial charge in [-0.05, 0) is 57.0 Å². The van der Waals surface area contributed by atoms with Crippen molar-refractivity contribution < 1.29 is 13.6 Å². The molecule has 29 heavy (non-hydrogen) atoms. The molecule has 0 radical (unpaired) electrons. The van der Waals surface area contributed by atoms with Gasteiger partial charge in [0.25, 0.3) is 0 Å². The van der Waals surface area contributed by atoms with E-state index in [0.717, 1.165) is 18.0 Å². The highest BCUT2D eigenvalue weighted by molar-refractivity contribution is 6.89. The van der Waals surface area contributed by atoms with Gasteiger partial charge in [0.05, 0.1) is 13.2 Å². The monoisotopic (exact) mass is 471 g/mol. The third-order valence-electron chi connectivity index (χ3n) is 4.44. The van der Waals surface area contributed by atoms with E-state index in [1.807, 2.05) is 0 Å². The van der Waals surface area contributed by atoms with Crippen LogP contribution in [0.2, 0.25) is 78.6 Å². The number of hydrogen-bond acceptors (Lipinski definition) is 4. The average molecular weight is 472 g/mol. The van der Waals surface area contributed by atoms with Gasteiger partial charge in [-0.15, -0.1) is 0 Å². The molecular formula is C21H45NO3Si4. The van der Waals surface area contributed by atoms with Crippen LogP contribution in [-0.4, -0.2) is 51.0 Å². The molecule has 0 amide bonds. The molecule has 1 rings (SSSR count). The van der Waals surface area contributed by atoms with Crippen molar-refractivity contribution in [3.63, 3.8) is 0 Å². The fourth-order valence-corrected chi connectivity index (χ4v) is 15.0. The summed E-state index contributed by atoms with van der Waals surface area (Å²) in [7, 11) is -4.67. The van der Waals surface area contributed by atoms with Crippen LogP contribution in [0.25, 0.3) is 0 Å². The Morgan fingerprint density at radius 2 is 1.28 bits per heavy atom. The van der Waals surface area contributed by atoms with Gasteiger partial charge in [0.1, 0.15) is 22.2 Å². The summed E-state index contributed by atoms with van der Waals surface area (Å²) in [5.74, 6) is 1.65. The molecule has 1 aromatic carbocycles. The van der Waals surface area contributed by atoms with E-state index in [9.17, 15) is 0 Å². The maximum absolute atomic E-state index is 6.74. The Bertz CT molecular complexity index is 656. The highest BCUT2D eigenvalue weighted by Gasteiger charge is 2.37. The van der Waals surface area contributed by atoms with Crippen molar-refractivity contribution in [1.29, 1.82) is 0 Å². The largest absolute Gasteiger partial charge is 0.542 e. The van der Waals surface area contributed by atoms with Crippen molar-refractivity contribution in [3.8, 4) is 11.5 Å². The predicted octanol–water partition coefficient (Wildman–Crippen LogP) is 6.77. The van der Waals surface area contributed by atoms with E-state index in [0.29, 0.717) is 0 Å². The van der Waals surface area contributed by atoms with Crippen molar-refractivity contribution in [3.05, 3.63) is 23.8 Å². The zero-order valence-corrected chi connectivity index (χ0v) is 25.2. The molecule has 0 heterocycles. The van der Waals surface area contributed by atoms with E-state index in [1.54, 1.807) is 7.11 Å². The Morgan fingerprint density at radius 3 is 1.66 bits per heavy atom. The molecule has 0 aliphatic carbocycles. The van der Waals surface area contributed by atoms with E-state index < -0.39 is 33.1 Å². The molecule has 0 fully saturated rings. The quantitative estimate of drug-likeness (QED) is 0.352. The van der Waals surface area contributed by atoms with Gasteiger partial charge in [0, 0.05) is 6.54 Å². The van der Waals surface area contributed by atoms with E-state index in [1.165, 1.54) is 5.56 Å². The maximum Gasteiger partial charge on any atom is 0.242 e. The van der Waals surface area contributed by atoms with Gasteiger partial charge in [-0.3, -0.25) is 0 Å². The molecule has 1 unspecified atom stereocenters. The normalized spacial score (nSPS) is 14.8. The molecule has 0 saturated carbocycles. The second kappa shape index (κ2) is 9.40. The second-order valence-corrected chi connectivity index (χ2v) is 30.9. The summed E-state index contributed by atoms with van der Waals surface area (Å²) >= 11 is 0. The van der Waals surface area contributed by atoms with Gasteiger partial charge < -0.3 is 17.8 Å². The van der Waals surface area contributed by atoms with E-state index >= 15 is 0 Å². The minimum absolute atomic E-state index is 0.0509. The molecule has 0 bridgehead atoms. The lowest BCUT2D eigenvalue weighted by Crippen LogP contribution is -2.60. The molecule has 0 saturated heterocycles. The Hall–Kier alpha value is -0.392. The number of ether oxygens (including phenoxy) is 1. The minimum Gasteiger partial charge on any atom is -0.542 e. The minimum atomic E-state index is -1.73. The van der Waals surface area contributed by atoms with Gasteiger partial charge in [-0.25, -0.2) is 0 Å². The third kappa shape index (κ3) is 9.10. The summed E-state index contributed by atoms with van der Waals surface area (Å²) in [6.07, 6.45) is 0.0509. The summed E-state index contributed by atoms with van der Waals surface area (Å²) in [6, 6.07) is 6.38. The molecule has 4 nitrogen and oxygen atoms in total. The lowest BCUT2D eigenvalue weighted by Gasteiger charge is -2.46. The van der Waals surface area contributed by atoms with Crippen LogP contribution in [-0.2, 0) is 4.43 Å². The number of benzene rings is 1. The number of nitrogens with zero attached hydrogens (tertiary/aromatic N) is 1. The molecule has 0 N–H and O–H groups in total. The van der Waals surface area contributed by atoms with Crippen LogP contribution in [0.3, 0.4) is 0 Å². The van der Waals surface area contributed by atoms with Crippen molar-refractivity contribution in [2.75, 3.05) is 13.7 Å². The van der Waals surface area contributed by atoms with Gasteiger partial charge in [-0.1, -0.05) is 45.3 Å². The molecule has 0 aliphatic rings. The van der Waals surface area contributed by atoms with Gasteiger partial charge in [0.15, 0.2) is 14.1 Å². The highest BCUT2D eigenvalue weighted by atomic mass is 28.4. The first-order valence-electron chi connectivity index (χ1n) is 10.7. The summed E-state index contributed by atoms with van der Waals surface area (Å²) in [5.41, 5.74) is 1.19. The maximum atomic E-state index is 6.74. The molecule has 1 aromatic rings. The molecule has 0 spiro atoms. The third-order valence-corrected chi connectivity index (χ3v) is 13.9. The van der Waals surface area contributed by atoms with Gasteiger partial charge >= 0.3 is 0 Å². The van der Waals surface area contributed by atoms with Gasteiger partial charge in [-0.2, -0.15) is 0 Å². The first-order valence-corrected chi connectivity index (χ1v) is 24.4. The number of hydrogen-bond donors (Lipinski definition) is 0. The average Bonchev–Trinajstić information content (AvgIpc) is 2.46. The molecule has 0 aliphatic heterocycles. The lowest BCUT2D eigenvalue weighted by atomic mass is 10.1. The Kier molecular flexibility index (Phi) is 8.63. The van der Waals surface area contributed by atoms with Crippen molar-refractivity contribution in [1.82, 2.24) is 4.23 Å². The molecule has 1 atom stereocenters. The SMILES string of the molecule is COc1cc(C(CN([Si](C)(C)C)[Si](C)(C)C)O[Si](C)(C)C)ccc1O[Si](C)(C)C. The molecule has 8 heteroatoms. The highest BCUT2D eigenvalue weighted by Crippen LogP contribution is 2.35. The van der Waals surface area contributed by atoms with E-state index in [4.69, 9.17) is 13.6 Å². The first kappa shape index (κ1) is 26.6. The predicted molar refractivity (Wildman–Crippen MR) is 138 cm³/mol. The Balaban J connectivity index is 3.37. The zero-order chi connectivity index (χ0) is 22.8. The fourth-order valence-electron chi connectivity index (χ4n) is 3.66. The van der Waals surface area contributed by atoms with Crippen molar-refractivity contribution in [2.45, 2.75) is 84.7 Å². The van der Waals surface area contributed by atoms with Crippen LogP contribution in [0.15, 0.2) is 18.2 Å². The van der Waals surface area contributed by atoms with E-state index in [-0.39, 0.29) is 6.10 Å². The summed E-state index contributed by atoms with van der Waals surface area (Å²) < 4.78 is 21.5. The summed E-state index contributed by atoms with van der Waals surface area (Å²) in [5, 5.41) is 0. The van der Waals surface area contributed by atoms with Gasteiger partial charge in [0.2, 0.25) is 8.32 Å². The Labute approximate surface area is 184 Å². The molecular weight excluding hydrogens is 427 g/mol. The first-order chi connectivity index (χ1) is 12.8. The van der Waals surface area contributed by atoms with Crippen LogP contribution >= 0.6 is 0 Å². The second-order valence-electron chi connectivity index (χ2n) is 11.8. The lowest BCUT2D eigenvalue weighted by molar-refractivity contribution is 0.181. The fraction of sp³-hybridized carbons (Fsp3) is 0.714. The summed E-state index contributed by atoms with van der Waals surface area (Å²) in [6.45, 7) is 29.0. The van der Waals surface area contributed by atoms with Crippen molar-refractivity contribution in [2.24, 2.45) is 0 Å². The molecule has 0 aromatic heterocycles. The van der Waals surface area contributed by atoms with Crippen LogP contribution < -0.4 is 9.16 Å².